The normalized spacial score (nSPS) is 11.6. The zero-order valence-electron chi connectivity index (χ0n) is 10.8. The molecule has 0 aliphatic rings. The van der Waals surface area contributed by atoms with Gasteiger partial charge in [-0.25, -0.2) is 4.79 Å². The van der Waals surface area contributed by atoms with E-state index >= 15 is 0 Å². The van der Waals surface area contributed by atoms with E-state index in [0.717, 1.165) is 25.8 Å². The molecule has 0 aromatic carbocycles. The van der Waals surface area contributed by atoms with E-state index in [0.29, 0.717) is 6.04 Å². The highest BCUT2D eigenvalue weighted by Crippen LogP contribution is 2.16. The molecule has 90 valence electrons. The van der Waals surface area contributed by atoms with Crippen LogP contribution in [0.5, 0.6) is 0 Å². The maximum atomic E-state index is 11.4. The van der Waals surface area contributed by atoms with E-state index in [2.05, 4.69) is 45.3 Å². The first kappa shape index (κ1) is 14.3. The lowest BCUT2D eigenvalue weighted by Crippen LogP contribution is -2.42. The summed E-state index contributed by atoms with van der Waals surface area (Å²) in [6, 6.07) is 0.271. The molecule has 0 aromatic rings. The Hall–Kier alpha value is -0.730. The molecule has 0 radical (unpaired) electrons. The van der Waals surface area contributed by atoms with Gasteiger partial charge in [-0.05, 0) is 24.7 Å². The van der Waals surface area contributed by atoms with E-state index in [1.54, 1.807) is 0 Å². The molecule has 0 bridgehead atoms. The van der Waals surface area contributed by atoms with Crippen molar-refractivity contribution in [3.05, 3.63) is 0 Å². The van der Waals surface area contributed by atoms with E-state index in [1.807, 2.05) is 0 Å². The predicted molar refractivity (Wildman–Crippen MR) is 65.0 cm³/mol. The Morgan fingerprint density at radius 2 is 1.73 bits per heavy atom. The van der Waals surface area contributed by atoms with Crippen LogP contribution in [0.25, 0.3) is 0 Å². The van der Waals surface area contributed by atoms with Crippen LogP contribution in [0, 0.1) is 5.41 Å². The SMILES string of the molecule is CCC(CC)NC(=O)NCCC(C)(C)C. The third-order valence-electron chi connectivity index (χ3n) is 2.48. The molecule has 3 heteroatoms. The fourth-order valence-electron chi connectivity index (χ4n) is 1.28. The quantitative estimate of drug-likeness (QED) is 0.726. The van der Waals surface area contributed by atoms with Crippen molar-refractivity contribution in [2.75, 3.05) is 6.54 Å². The highest BCUT2D eigenvalue weighted by atomic mass is 16.2. The highest BCUT2D eigenvalue weighted by molar-refractivity contribution is 5.74. The summed E-state index contributed by atoms with van der Waals surface area (Å²) in [4.78, 5) is 11.4. The van der Waals surface area contributed by atoms with Gasteiger partial charge in [0.25, 0.3) is 0 Å². The zero-order valence-corrected chi connectivity index (χ0v) is 10.8. The van der Waals surface area contributed by atoms with Gasteiger partial charge in [0, 0.05) is 12.6 Å². The topological polar surface area (TPSA) is 41.1 Å². The van der Waals surface area contributed by atoms with Crippen LogP contribution in [-0.2, 0) is 0 Å². The number of hydrogen-bond donors (Lipinski definition) is 2. The summed E-state index contributed by atoms with van der Waals surface area (Å²) in [5.41, 5.74) is 0.280. The summed E-state index contributed by atoms with van der Waals surface area (Å²) in [6.45, 7) is 11.4. The molecule has 3 nitrogen and oxygen atoms in total. The second kappa shape index (κ2) is 6.70. The van der Waals surface area contributed by atoms with Crippen LogP contribution >= 0.6 is 0 Å². The Labute approximate surface area is 94.0 Å². The molecular formula is C12H26N2O. The Morgan fingerprint density at radius 3 is 2.13 bits per heavy atom. The monoisotopic (exact) mass is 214 g/mol. The molecule has 0 saturated heterocycles. The molecule has 2 N–H and O–H groups in total. The molecular weight excluding hydrogens is 188 g/mol. The smallest absolute Gasteiger partial charge is 0.315 e. The number of urea groups is 1. The van der Waals surface area contributed by atoms with Crippen molar-refractivity contribution >= 4 is 6.03 Å². The Kier molecular flexibility index (Phi) is 6.37. The molecule has 0 atom stereocenters. The van der Waals surface area contributed by atoms with Crippen LogP contribution in [0.3, 0.4) is 0 Å². The van der Waals surface area contributed by atoms with Gasteiger partial charge in [-0.2, -0.15) is 0 Å². The summed E-state index contributed by atoms with van der Waals surface area (Å²) < 4.78 is 0. The lowest BCUT2D eigenvalue weighted by Gasteiger charge is -2.19. The van der Waals surface area contributed by atoms with Crippen LogP contribution in [0.15, 0.2) is 0 Å². The Morgan fingerprint density at radius 1 is 1.20 bits per heavy atom. The van der Waals surface area contributed by atoms with Crippen molar-refractivity contribution in [2.24, 2.45) is 5.41 Å². The summed E-state index contributed by atoms with van der Waals surface area (Å²) >= 11 is 0. The van der Waals surface area contributed by atoms with E-state index in [-0.39, 0.29) is 11.4 Å². The molecule has 0 aromatic heterocycles. The Bertz CT molecular complexity index is 181. The van der Waals surface area contributed by atoms with Crippen LogP contribution < -0.4 is 10.6 Å². The van der Waals surface area contributed by atoms with Gasteiger partial charge in [0.05, 0.1) is 0 Å². The molecule has 0 aliphatic heterocycles. The third-order valence-corrected chi connectivity index (χ3v) is 2.48. The molecule has 0 saturated carbocycles. The number of hydrogen-bond acceptors (Lipinski definition) is 1. The fourth-order valence-corrected chi connectivity index (χ4v) is 1.28. The number of nitrogens with one attached hydrogen (secondary N) is 2. The van der Waals surface area contributed by atoms with Gasteiger partial charge in [0.2, 0.25) is 0 Å². The van der Waals surface area contributed by atoms with Crippen molar-refractivity contribution in [1.82, 2.24) is 10.6 Å². The summed E-state index contributed by atoms with van der Waals surface area (Å²) in [5.74, 6) is 0. The lowest BCUT2D eigenvalue weighted by atomic mass is 9.92. The zero-order chi connectivity index (χ0) is 11.9. The first-order valence-electron chi connectivity index (χ1n) is 5.93. The highest BCUT2D eigenvalue weighted by Gasteiger charge is 2.11. The van der Waals surface area contributed by atoms with Crippen molar-refractivity contribution in [1.29, 1.82) is 0 Å². The summed E-state index contributed by atoms with van der Waals surface area (Å²) in [6.07, 6.45) is 2.98. The van der Waals surface area contributed by atoms with Gasteiger partial charge < -0.3 is 10.6 Å². The van der Waals surface area contributed by atoms with Crippen LogP contribution in [-0.4, -0.2) is 18.6 Å². The van der Waals surface area contributed by atoms with Gasteiger partial charge in [-0.1, -0.05) is 34.6 Å². The summed E-state index contributed by atoms with van der Waals surface area (Å²) in [7, 11) is 0. The molecule has 15 heavy (non-hydrogen) atoms. The van der Waals surface area contributed by atoms with Crippen LogP contribution in [0.4, 0.5) is 4.79 Å². The van der Waals surface area contributed by atoms with E-state index in [1.165, 1.54) is 0 Å². The lowest BCUT2D eigenvalue weighted by molar-refractivity contribution is 0.234. The minimum atomic E-state index is -0.0343. The number of carbonyl (C=O) groups excluding carboxylic acids is 1. The minimum Gasteiger partial charge on any atom is -0.338 e. The molecule has 2 amide bonds. The first-order chi connectivity index (χ1) is 6.89. The van der Waals surface area contributed by atoms with E-state index in [9.17, 15) is 4.79 Å². The van der Waals surface area contributed by atoms with Gasteiger partial charge in [0.15, 0.2) is 0 Å². The number of carbonyl (C=O) groups is 1. The Balaban J connectivity index is 3.66. The molecule has 0 spiro atoms. The molecule has 0 heterocycles. The number of rotatable bonds is 5. The molecule has 0 unspecified atom stereocenters. The average Bonchev–Trinajstić information content (AvgIpc) is 2.12. The second-order valence-corrected chi connectivity index (χ2v) is 5.22. The van der Waals surface area contributed by atoms with Crippen molar-refractivity contribution in [3.8, 4) is 0 Å². The van der Waals surface area contributed by atoms with Gasteiger partial charge >= 0.3 is 6.03 Å². The summed E-state index contributed by atoms with van der Waals surface area (Å²) in [5, 5.41) is 5.84. The largest absolute Gasteiger partial charge is 0.338 e. The standard InChI is InChI=1S/C12H26N2O/c1-6-10(7-2)14-11(15)13-9-8-12(3,4)5/h10H,6-9H2,1-5H3,(H2,13,14,15). The minimum absolute atomic E-state index is 0.0343. The predicted octanol–water partition coefficient (Wildman–Crippen LogP) is 2.91. The molecule has 0 fully saturated rings. The fraction of sp³-hybridized carbons (Fsp3) is 0.917. The van der Waals surface area contributed by atoms with Gasteiger partial charge in [-0.3, -0.25) is 0 Å². The molecule has 0 rings (SSSR count). The van der Waals surface area contributed by atoms with Crippen LogP contribution in [0.2, 0.25) is 0 Å². The van der Waals surface area contributed by atoms with Crippen molar-refractivity contribution < 1.29 is 4.79 Å². The first-order valence-corrected chi connectivity index (χ1v) is 5.93. The van der Waals surface area contributed by atoms with Gasteiger partial charge in [-0.15, -0.1) is 0 Å². The number of amides is 2. The van der Waals surface area contributed by atoms with E-state index < -0.39 is 0 Å². The average molecular weight is 214 g/mol. The van der Waals surface area contributed by atoms with Crippen LogP contribution in [0.1, 0.15) is 53.9 Å². The second-order valence-electron chi connectivity index (χ2n) is 5.22. The molecule has 0 aliphatic carbocycles. The third kappa shape index (κ3) is 8.28. The van der Waals surface area contributed by atoms with Gasteiger partial charge in [0.1, 0.15) is 0 Å². The van der Waals surface area contributed by atoms with E-state index in [4.69, 9.17) is 0 Å². The van der Waals surface area contributed by atoms with Crippen molar-refractivity contribution in [3.63, 3.8) is 0 Å². The van der Waals surface area contributed by atoms with Crippen molar-refractivity contribution in [2.45, 2.75) is 59.9 Å². The maximum Gasteiger partial charge on any atom is 0.315 e. The maximum absolute atomic E-state index is 11.4.